The molecule has 8 nitrogen and oxygen atoms in total. The van der Waals surface area contributed by atoms with Gasteiger partial charge in [-0.3, -0.25) is 29.0 Å². The smallest absolute Gasteiger partial charge is 0.261 e. The van der Waals surface area contributed by atoms with Crippen LogP contribution in [0.25, 0.3) is 43.1 Å². The number of nitrogens with zero attached hydrogens (tertiary/aromatic N) is 2. The standard InChI is InChI=1S/C47H48N2O6/c1-5-7-9-11-13-30(14-12-10-8-6-2)49-45(52)37-25-21-33-31-19-23-35-41-36(24-20-32(39(31)41)34-22-26-38(46(49)53)42(37)40(33)34)44(51)48(43(35)50)27-28-15-17-29(18-16-28)47(54-3)55-4/h15-26,30,47H,5-14,27H2,1-4H3. The van der Waals surface area contributed by atoms with Crippen molar-refractivity contribution < 1.29 is 28.7 Å². The van der Waals surface area contributed by atoms with Crippen molar-refractivity contribution >= 4 is 66.7 Å². The first-order valence-corrected chi connectivity index (χ1v) is 19.9. The average molecular weight is 737 g/mol. The zero-order valence-corrected chi connectivity index (χ0v) is 32.2. The molecule has 8 rings (SSSR count). The Morgan fingerprint density at radius 2 is 0.909 bits per heavy atom. The van der Waals surface area contributed by atoms with Crippen molar-refractivity contribution in [3.8, 4) is 0 Å². The normalized spacial score (nSPS) is 14.4. The Kier molecular flexibility index (Phi) is 10.1. The summed E-state index contributed by atoms with van der Waals surface area (Å²) in [6.07, 6.45) is 9.89. The molecule has 0 aromatic heterocycles. The van der Waals surface area contributed by atoms with Gasteiger partial charge in [0, 0.05) is 58.9 Å². The minimum atomic E-state index is -0.506. The zero-order chi connectivity index (χ0) is 38.4. The SMILES string of the molecule is CCCCCCC(CCCCCC)N1C(=O)c2ccc3c4ccc5c6c(ccc(c7ccc(c2c37)C1=O)c64)C(=O)N(Cc1ccc(C(OC)OC)cc1)C5=O. The largest absolute Gasteiger partial charge is 0.352 e. The van der Waals surface area contributed by atoms with Crippen LogP contribution >= 0.6 is 0 Å². The van der Waals surface area contributed by atoms with Gasteiger partial charge in [0.15, 0.2) is 6.29 Å². The van der Waals surface area contributed by atoms with E-state index in [1.807, 2.05) is 72.8 Å². The van der Waals surface area contributed by atoms with Crippen LogP contribution in [0.5, 0.6) is 0 Å². The van der Waals surface area contributed by atoms with Crippen LogP contribution in [0.3, 0.4) is 0 Å². The van der Waals surface area contributed by atoms with E-state index >= 15 is 0 Å². The predicted octanol–water partition coefficient (Wildman–Crippen LogP) is 10.7. The van der Waals surface area contributed by atoms with Gasteiger partial charge in [-0.25, -0.2) is 0 Å². The van der Waals surface area contributed by atoms with Gasteiger partial charge in [0.25, 0.3) is 23.6 Å². The first kappa shape index (κ1) is 36.8. The highest BCUT2D eigenvalue weighted by atomic mass is 16.7. The molecule has 2 aliphatic rings. The lowest BCUT2D eigenvalue weighted by Crippen LogP contribution is -2.47. The first-order valence-electron chi connectivity index (χ1n) is 19.9. The minimum absolute atomic E-state index is 0.123. The van der Waals surface area contributed by atoms with Gasteiger partial charge in [-0.1, -0.05) is 114 Å². The maximum Gasteiger partial charge on any atom is 0.261 e. The Bertz CT molecular complexity index is 2330. The molecule has 0 unspecified atom stereocenters. The average Bonchev–Trinajstić information content (AvgIpc) is 3.21. The molecular weight excluding hydrogens is 689 g/mol. The second-order valence-corrected chi connectivity index (χ2v) is 15.2. The van der Waals surface area contributed by atoms with E-state index in [4.69, 9.17) is 9.47 Å². The van der Waals surface area contributed by atoms with E-state index in [1.54, 1.807) is 19.1 Å². The molecule has 282 valence electrons. The number of benzene rings is 6. The minimum Gasteiger partial charge on any atom is -0.352 e. The van der Waals surface area contributed by atoms with Crippen LogP contribution in [0.2, 0.25) is 0 Å². The number of carbonyl (C=O) groups excluding carboxylic acids is 4. The monoisotopic (exact) mass is 736 g/mol. The lowest BCUT2D eigenvalue weighted by Gasteiger charge is -2.35. The molecule has 2 heterocycles. The summed E-state index contributed by atoms with van der Waals surface area (Å²) in [6.45, 7) is 4.51. The summed E-state index contributed by atoms with van der Waals surface area (Å²) in [5.74, 6) is -1.11. The third kappa shape index (κ3) is 6.07. The summed E-state index contributed by atoms with van der Waals surface area (Å²) in [7, 11) is 3.15. The van der Waals surface area contributed by atoms with Gasteiger partial charge in [-0.15, -0.1) is 0 Å². The molecule has 0 saturated carbocycles. The molecule has 2 aliphatic heterocycles. The number of hydrogen-bond donors (Lipinski definition) is 0. The number of imide groups is 2. The maximum atomic E-state index is 14.5. The van der Waals surface area contributed by atoms with E-state index in [1.165, 1.54) is 4.90 Å². The Labute approximate surface area is 321 Å². The topological polar surface area (TPSA) is 93.2 Å². The summed E-state index contributed by atoms with van der Waals surface area (Å²) in [4.78, 5) is 60.1. The molecule has 6 aromatic rings. The Balaban J connectivity index is 1.19. The molecule has 0 fully saturated rings. The lowest BCUT2D eigenvalue weighted by molar-refractivity contribution is -0.106. The molecule has 0 saturated heterocycles. The number of fused-ring (bicyclic) bond motifs is 2. The highest BCUT2D eigenvalue weighted by Gasteiger charge is 2.39. The number of ether oxygens (including phenoxy) is 2. The predicted molar refractivity (Wildman–Crippen MR) is 217 cm³/mol. The first-order chi connectivity index (χ1) is 26.8. The third-order valence-corrected chi connectivity index (χ3v) is 11.9. The van der Waals surface area contributed by atoms with Gasteiger partial charge in [0.1, 0.15) is 0 Å². The number of carbonyl (C=O) groups is 4. The molecule has 0 N–H and O–H groups in total. The molecule has 0 aliphatic carbocycles. The Hall–Kier alpha value is -5.18. The molecule has 0 bridgehead atoms. The van der Waals surface area contributed by atoms with E-state index in [0.29, 0.717) is 33.0 Å². The Morgan fingerprint density at radius 3 is 1.31 bits per heavy atom. The van der Waals surface area contributed by atoms with Crippen LogP contribution in [-0.4, -0.2) is 53.7 Å². The van der Waals surface area contributed by atoms with Crippen LogP contribution in [0.4, 0.5) is 0 Å². The van der Waals surface area contributed by atoms with Crippen LogP contribution in [0.1, 0.15) is 137 Å². The molecule has 6 aromatic carbocycles. The second-order valence-electron chi connectivity index (χ2n) is 15.2. The number of unbranched alkanes of at least 4 members (excludes halogenated alkanes) is 6. The van der Waals surface area contributed by atoms with Crippen molar-refractivity contribution in [2.24, 2.45) is 0 Å². The quantitative estimate of drug-likeness (QED) is 0.0323. The van der Waals surface area contributed by atoms with Crippen LogP contribution < -0.4 is 0 Å². The fourth-order valence-electron chi connectivity index (χ4n) is 9.16. The fourth-order valence-corrected chi connectivity index (χ4v) is 9.16. The van der Waals surface area contributed by atoms with Gasteiger partial charge < -0.3 is 9.47 Å². The van der Waals surface area contributed by atoms with Gasteiger partial charge in [0.05, 0.1) is 6.54 Å². The summed E-state index contributed by atoms with van der Waals surface area (Å²) in [5.41, 5.74) is 3.71. The lowest BCUT2D eigenvalue weighted by atomic mass is 9.82. The highest BCUT2D eigenvalue weighted by Crippen LogP contribution is 2.46. The van der Waals surface area contributed by atoms with Crippen molar-refractivity contribution in [2.75, 3.05) is 14.2 Å². The number of hydrogen-bond acceptors (Lipinski definition) is 6. The Morgan fingerprint density at radius 1 is 0.491 bits per heavy atom. The van der Waals surface area contributed by atoms with E-state index < -0.39 is 6.29 Å². The summed E-state index contributed by atoms with van der Waals surface area (Å²) >= 11 is 0. The summed E-state index contributed by atoms with van der Waals surface area (Å²) in [6, 6.07) is 22.6. The van der Waals surface area contributed by atoms with Crippen molar-refractivity contribution in [2.45, 2.75) is 96.9 Å². The van der Waals surface area contributed by atoms with Gasteiger partial charge in [0.2, 0.25) is 0 Å². The van der Waals surface area contributed by atoms with E-state index in [0.717, 1.165) is 108 Å². The number of amides is 4. The fraction of sp³-hybridized carbons (Fsp3) is 0.362. The third-order valence-electron chi connectivity index (χ3n) is 11.9. The summed E-state index contributed by atoms with van der Waals surface area (Å²) < 4.78 is 10.7. The van der Waals surface area contributed by atoms with Crippen LogP contribution in [-0.2, 0) is 16.0 Å². The zero-order valence-electron chi connectivity index (χ0n) is 32.2. The number of methoxy groups -OCH3 is 2. The molecule has 0 radical (unpaired) electrons. The van der Waals surface area contributed by atoms with Crippen molar-refractivity contribution in [1.29, 1.82) is 0 Å². The second kappa shape index (κ2) is 15.2. The van der Waals surface area contributed by atoms with Crippen molar-refractivity contribution in [3.05, 3.63) is 106 Å². The number of rotatable bonds is 16. The molecular formula is C47H48N2O6. The summed E-state index contributed by atoms with van der Waals surface area (Å²) in [5, 5.41) is 6.61. The van der Waals surface area contributed by atoms with Crippen LogP contribution in [0, 0.1) is 0 Å². The molecule has 0 atom stereocenters. The van der Waals surface area contributed by atoms with E-state index in [-0.39, 0.29) is 36.2 Å². The van der Waals surface area contributed by atoms with E-state index in [2.05, 4.69) is 13.8 Å². The van der Waals surface area contributed by atoms with Gasteiger partial charge in [-0.05, 0) is 75.0 Å². The van der Waals surface area contributed by atoms with E-state index in [9.17, 15) is 19.2 Å². The highest BCUT2D eigenvalue weighted by molar-refractivity contribution is 6.41. The van der Waals surface area contributed by atoms with Crippen molar-refractivity contribution in [1.82, 2.24) is 9.80 Å². The van der Waals surface area contributed by atoms with Crippen LogP contribution in [0.15, 0.2) is 72.8 Å². The molecule has 4 amide bonds. The molecule has 0 spiro atoms. The van der Waals surface area contributed by atoms with Crippen molar-refractivity contribution in [3.63, 3.8) is 0 Å². The maximum absolute atomic E-state index is 14.5. The van der Waals surface area contributed by atoms with Gasteiger partial charge in [-0.2, -0.15) is 0 Å². The molecule has 55 heavy (non-hydrogen) atoms. The molecule has 8 heteroatoms. The van der Waals surface area contributed by atoms with Gasteiger partial charge >= 0.3 is 0 Å².